The molecule has 1 aliphatic heterocycles. The van der Waals surface area contributed by atoms with Crippen molar-refractivity contribution in [3.05, 3.63) is 34.0 Å². The van der Waals surface area contributed by atoms with E-state index < -0.39 is 0 Å². The van der Waals surface area contributed by atoms with Crippen LogP contribution in [0.3, 0.4) is 0 Å². The van der Waals surface area contributed by atoms with Crippen molar-refractivity contribution < 1.29 is 9.21 Å². The number of piperidine rings is 1. The van der Waals surface area contributed by atoms with Crippen molar-refractivity contribution in [2.45, 2.75) is 26.2 Å². The van der Waals surface area contributed by atoms with Crippen molar-refractivity contribution in [1.82, 2.24) is 15.2 Å². The van der Waals surface area contributed by atoms with E-state index in [0.717, 1.165) is 41.4 Å². The smallest absolute Gasteiger partial charge is 0.294 e. The maximum Gasteiger partial charge on any atom is 0.294 e. The molecule has 0 bridgehead atoms. The number of anilines is 2. The van der Waals surface area contributed by atoms with Gasteiger partial charge in [0.2, 0.25) is 11.9 Å². The topological polar surface area (TPSA) is 87.0 Å². The van der Waals surface area contributed by atoms with Gasteiger partial charge < -0.3 is 9.32 Å². The molecule has 2 N–H and O–H groups in total. The maximum atomic E-state index is 12.6. The second-order valence-corrected chi connectivity index (χ2v) is 7.10. The van der Waals surface area contributed by atoms with E-state index in [4.69, 9.17) is 4.42 Å². The van der Waals surface area contributed by atoms with Crippen LogP contribution in [-0.2, 0) is 0 Å². The number of amides is 1. The zero-order valence-corrected chi connectivity index (χ0v) is 15.4. The van der Waals surface area contributed by atoms with Crippen LogP contribution in [0.2, 0.25) is 0 Å². The van der Waals surface area contributed by atoms with Gasteiger partial charge in [-0.15, -0.1) is 5.10 Å². The summed E-state index contributed by atoms with van der Waals surface area (Å²) in [6.45, 7) is 3.76. The highest BCUT2D eigenvalue weighted by Crippen LogP contribution is 2.28. The molecule has 0 saturated carbocycles. The molecular weight excluding hydrogens is 386 g/mol. The summed E-state index contributed by atoms with van der Waals surface area (Å²) in [7, 11) is 0. The van der Waals surface area contributed by atoms with Crippen molar-refractivity contribution in [3.8, 4) is 0 Å². The molecule has 1 saturated heterocycles. The lowest BCUT2D eigenvalue weighted by Crippen LogP contribution is -2.30. The van der Waals surface area contributed by atoms with Gasteiger partial charge >= 0.3 is 0 Å². The van der Waals surface area contributed by atoms with Crippen LogP contribution in [0.15, 0.2) is 27.1 Å². The fraction of sp³-hybridized carbons (Fsp3) is 0.353. The zero-order chi connectivity index (χ0) is 17.4. The molecule has 0 aliphatic carbocycles. The fourth-order valence-electron chi connectivity index (χ4n) is 3.12. The van der Waals surface area contributed by atoms with E-state index in [1.165, 1.54) is 6.42 Å². The van der Waals surface area contributed by atoms with Gasteiger partial charge in [0, 0.05) is 28.5 Å². The Hall–Kier alpha value is -2.35. The molecule has 2 aromatic heterocycles. The minimum Gasteiger partial charge on any atom is -0.451 e. The molecule has 1 fully saturated rings. The minimum atomic E-state index is -0.342. The number of H-pyrrole nitrogens is 1. The van der Waals surface area contributed by atoms with Gasteiger partial charge in [-0.3, -0.25) is 10.1 Å². The first-order valence-electron chi connectivity index (χ1n) is 8.29. The first kappa shape index (κ1) is 16.1. The number of rotatable bonds is 3. The van der Waals surface area contributed by atoms with Gasteiger partial charge in [0.15, 0.2) is 5.76 Å². The molecule has 3 heterocycles. The molecular formula is C17H18BrN5O2. The number of nitrogens with zero attached hydrogens (tertiary/aromatic N) is 3. The standard InChI is InChI=1S/C17H18BrN5O2/c1-10-12-9-11(18)5-6-13(12)25-14(10)15(24)19-16-20-17(22-21-16)23-7-3-2-4-8-23/h5-6,9H,2-4,7-8H2,1H3,(H2,19,20,21,22,24). The molecule has 0 unspecified atom stereocenters. The van der Waals surface area contributed by atoms with Crippen molar-refractivity contribution in [1.29, 1.82) is 0 Å². The number of aromatic nitrogens is 3. The van der Waals surface area contributed by atoms with E-state index in [0.29, 0.717) is 17.5 Å². The summed E-state index contributed by atoms with van der Waals surface area (Å²) in [6, 6.07) is 5.66. The Balaban J connectivity index is 1.54. The quantitative estimate of drug-likeness (QED) is 0.692. The molecule has 25 heavy (non-hydrogen) atoms. The lowest BCUT2D eigenvalue weighted by molar-refractivity contribution is 0.0997. The van der Waals surface area contributed by atoms with E-state index in [2.05, 4.69) is 41.3 Å². The van der Waals surface area contributed by atoms with Gasteiger partial charge in [0.05, 0.1) is 0 Å². The highest BCUT2D eigenvalue weighted by molar-refractivity contribution is 9.10. The predicted octanol–water partition coefficient (Wildman–Crippen LogP) is 3.86. The van der Waals surface area contributed by atoms with Crippen LogP contribution in [0.25, 0.3) is 11.0 Å². The number of hydrogen-bond donors (Lipinski definition) is 2. The highest BCUT2D eigenvalue weighted by atomic mass is 79.9. The third-order valence-corrected chi connectivity index (χ3v) is 4.94. The number of fused-ring (bicyclic) bond motifs is 1. The normalized spacial score (nSPS) is 14.9. The number of furan rings is 1. The number of carbonyl (C=O) groups is 1. The van der Waals surface area contributed by atoms with Crippen LogP contribution in [0.5, 0.6) is 0 Å². The molecule has 7 nitrogen and oxygen atoms in total. The molecule has 0 spiro atoms. The molecule has 1 amide bonds. The Bertz CT molecular complexity index is 926. The summed E-state index contributed by atoms with van der Waals surface area (Å²) in [4.78, 5) is 19.1. The molecule has 0 atom stereocenters. The molecule has 8 heteroatoms. The lowest BCUT2D eigenvalue weighted by Gasteiger charge is -2.24. The second-order valence-electron chi connectivity index (χ2n) is 6.18. The van der Waals surface area contributed by atoms with Gasteiger partial charge in [-0.05, 0) is 44.4 Å². The molecule has 0 radical (unpaired) electrons. The van der Waals surface area contributed by atoms with Crippen LogP contribution in [-0.4, -0.2) is 34.2 Å². The third kappa shape index (κ3) is 3.13. The van der Waals surface area contributed by atoms with Crippen LogP contribution in [0.1, 0.15) is 35.4 Å². The Morgan fingerprint density at radius 2 is 2.12 bits per heavy atom. The average molecular weight is 404 g/mol. The monoisotopic (exact) mass is 403 g/mol. The number of hydrogen-bond acceptors (Lipinski definition) is 5. The number of aryl methyl sites for hydroxylation is 1. The second kappa shape index (κ2) is 6.51. The van der Waals surface area contributed by atoms with Gasteiger partial charge in [-0.2, -0.15) is 4.98 Å². The lowest BCUT2D eigenvalue weighted by atomic mass is 10.1. The Morgan fingerprint density at radius 1 is 1.32 bits per heavy atom. The number of nitrogens with one attached hydrogen (secondary N) is 2. The Kier molecular flexibility index (Phi) is 4.20. The number of carbonyl (C=O) groups excluding carboxylic acids is 1. The Morgan fingerprint density at radius 3 is 2.92 bits per heavy atom. The summed E-state index contributed by atoms with van der Waals surface area (Å²) >= 11 is 3.44. The van der Waals surface area contributed by atoms with Crippen LogP contribution >= 0.6 is 15.9 Å². The molecule has 4 rings (SSSR count). The summed E-state index contributed by atoms with van der Waals surface area (Å²) in [5, 5.41) is 10.6. The van der Waals surface area contributed by atoms with Gasteiger partial charge in [-0.1, -0.05) is 15.9 Å². The first-order valence-corrected chi connectivity index (χ1v) is 9.08. The third-order valence-electron chi connectivity index (χ3n) is 4.45. The van der Waals surface area contributed by atoms with Crippen molar-refractivity contribution in [3.63, 3.8) is 0 Å². The molecule has 130 valence electrons. The molecule has 1 aromatic carbocycles. The number of aromatic amines is 1. The van der Waals surface area contributed by atoms with Crippen molar-refractivity contribution >= 4 is 44.7 Å². The SMILES string of the molecule is Cc1c(C(=O)Nc2nc(N3CCCCC3)n[nH]2)oc2ccc(Br)cc12. The number of benzene rings is 1. The van der Waals surface area contributed by atoms with Crippen molar-refractivity contribution in [2.24, 2.45) is 0 Å². The highest BCUT2D eigenvalue weighted by Gasteiger charge is 2.20. The van der Waals surface area contributed by atoms with Gasteiger partial charge in [-0.25, -0.2) is 5.10 Å². The van der Waals surface area contributed by atoms with Crippen LogP contribution in [0.4, 0.5) is 11.9 Å². The maximum absolute atomic E-state index is 12.6. The van der Waals surface area contributed by atoms with E-state index in [-0.39, 0.29) is 11.7 Å². The van der Waals surface area contributed by atoms with E-state index >= 15 is 0 Å². The summed E-state index contributed by atoms with van der Waals surface area (Å²) < 4.78 is 6.65. The molecule has 3 aromatic rings. The van der Waals surface area contributed by atoms with Crippen LogP contribution in [0, 0.1) is 6.92 Å². The predicted molar refractivity (Wildman–Crippen MR) is 99.1 cm³/mol. The Labute approximate surface area is 152 Å². The summed E-state index contributed by atoms with van der Waals surface area (Å²) in [6.07, 6.45) is 3.53. The van der Waals surface area contributed by atoms with E-state index in [9.17, 15) is 4.79 Å². The minimum absolute atomic E-state index is 0.282. The van der Waals surface area contributed by atoms with Crippen LogP contribution < -0.4 is 10.2 Å². The molecule has 1 aliphatic rings. The summed E-state index contributed by atoms with van der Waals surface area (Å²) in [5.74, 6) is 0.891. The first-order chi connectivity index (χ1) is 12.1. The van der Waals surface area contributed by atoms with Crippen molar-refractivity contribution in [2.75, 3.05) is 23.3 Å². The van der Waals surface area contributed by atoms with E-state index in [1.54, 1.807) is 0 Å². The summed E-state index contributed by atoms with van der Waals surface area (Å²) in [5.41, 5.74) is 1.47. The van der Waals surface area contributed by atoms with Gasteiger partial charge in [0.1, 0.15) is 5.58 Å². The number of halogens is 1. The largest absolute Gasteiger partial charge is 0.451 e. The zero-order valence-electron chi connectivity index (χ0n) is 13.8. The van der Waals surface area contributed by atoms with Gasteiger partial charge in [0.25, 0.3) is 5.91 Å². The fourth-order valence-corrected chi connectivity index (χ4v) is 3.48. The van der Waals surface area contributed by atoms with E-state index in [1.807, 2.05) is 25.1 Å². The average Bonchev–Trinajstić information content (AvgIpc) is 3.21.